The van der Waals surface area contributed by atoms with E-state index in [0.717, 1.165) is 5.56 Å². The van der Waals surface area contributed by atoms with E-state index < -0.39 is 37.1 Å². The summed E-state index contributed by atoms with van der Waals surface area (Å²) < 4.78 is 5.52. The van der Waals surface area contributed by atoms with Gasteiger partial charge in [0.05, 0.1) is 17.6 Å². The first-order valence-electron chi connectivity index (χ1n) is 9.56. The molecule has 0 saturated carbocycles. The number of nitrogens with one attached hydrogen (secondary N) is 2. The van der Waals surface area contributed by atoms with E-state index in [4.69, 9.17) is 16.3 Å². The zero-order valence-corrected chi connectivity index (χ0v) is 16.9. The summed E-state index contributed by atoms with van der Waals surface area (Å²) in [6.45, 7) is -0.255. The van der Waals surface area contributed by atoms with Gasteiger partial charge in [0.1, 0.15) is 41.5 Å². The molecule has 4 rings (SSSR count). The minimum Gasteiger partial charge on any atom is -0.394 e. The predicted molar refractivity (Wildman–Crippen MR) is 109 cm³/mol. The first kappa shape index (κ1) is 21.6. The van der Waals surface area contributed by atoms with Gasteiger partial charge in [0.15, 0.2) is 0 Å². The zero-order valence-electron chi connectivity index (χ0n) is 16.1. The third-order valence-electron chi connectivity index (χ3n) is 5.17. The molecule has 1 aromatic carbocycles. The number of halogens is 1. The molecule has 0 bridgehead atoms. The molecule has 10 nitrogen and oxygen atoms in total. The molecule has 3 aromatic rings. The predicted octanol–water partition coefficient (Wildman–Crippen LogP) is 0.0562. The monoisotopic (exact) mass is 448 g/mol. The Bertz CT molecular complexity index is 1070. The normalized spacial score (nSPS) is 26.2. The van der Waals surface area contributed by atoms with Crippen LogP contribution in [0.4, 0.5) is 0 Å². The number of aliphatic hydroxyl groups excluding tert-OH is 4. The molecular formula is C20H21ClN4O6. The van der Waals surface area contributed by atoms with E-state index in [1.807, 2.05) is 0 Å². The first-order chi connectivity index (χ1) is 14.9. The maximum absolute atomic E-state index is 12.5. The first-order valence-corrected chi connectivity index (χ1v) is 9.94. The van der Waals surface area contributed by atoms with Gasteiger partial charge in [-0.3, -0.25) is 4.79 Å². The Morgan fingerprint density at radius 3 is 2.68 bits per heavy atom. The number of aromatic nitrogens is 3. The van der Waals surface area contributed by atoms with Crippen molar-refractivity contribution >= 4 is 28.5 Å². The van der Waals surface area contributed by atoms with E-state index in [9.17, 15) is 25.2 Å². The lowest BCUT2D eigenvalue weighted by molar-refractivity contribution is -0.233. The lowest BCUT2D eigenvalue weighted by atomic mass is 9.95. The minimum atomic E-state index is -1.51. The molecule has 1 aliphatic rings. The van der Waals surface area contributed by atoms with Crippen LogP contribution in [-0.2, 0) is 11.3 Å². The molecular weight excluding hydrogens is 428 g/mol. The number of benzene rings is 1. The Kier molecular flexibility index (Phi) is 6.19. The Morgan fingerprint density at radius 1 is 1.16 bits per heavy atom. The number of nitrogens with zero attached hydrogens (tertiary/aromatic N) is 2. The highest BCUT2D eigenvalue weighted by Gasteiger charge is 2.45. The maximum Gasteiger partial charge on any atom is 0.251 e. The average molecular weight is 449 g/mol. The molecule has 31 heavy (non-hydrogen) atoms. The van der Waals surface area contributed by atoms with Crippen LogP contribution in [0.25, 0.3) is 11.0 Å². The molecule has 11 heteroatoms. The summed E-state index contributed by atoms with van der Waals surface area (Å²) in [6, 6.07) is 8.25. The molecule has 1 aliphatic heterocycles. The number of carbonyl (C=O) groups is 1. The van der Waals surface area contributed by atoms with Crippen LogP contribution >= 0.6 is 11.6 Å². The second-order valence-corrected chi connectivity index (χ2v) is 7.66. The number of fused-ring (bicyclic) bond motifs is 1. The fraction of sp³-hybridized carbons (Fsp3) is 0.350. The van der Waals surface area contributed by atoms with E-state index >= 15 is 0 Å². The van der Waals surface area contributed by atoms with Gasteiger partial charge in [-0.15, -0.1) is 0 Å². The topological polar surface area (TPSA) is 161 Å². The minimum absolute atomic E-state index is 0.205. The van der Waals surface area contributed by atoms with Crippen LogP contribution in [0, 0.1) is 0 Å². The van der Waals surface area contributed by atoms with Gasteiger partial charge >= 0.3 is 0 Å². The Labute approximate surface area is 181 Å². The van der Waals surface area contributed by atoms with E-state index in [2.05, 4.69) is 20.3 Å². The number of pyridine rings is 1. The molecule has 1 fully saturated rings. The maximum atomic E-state index is 12.5. The van der Waals surface area contributed by atoms with Gasteiger partial charge in [0, 0.05) is 18.3 Å². The van der Waals surface area contributed by atoms with Gasteiger partial charge in [-0.2, -0.15) is 0 Å². The lowest BCUT2D eigenvalue weighted by Crippen LogP contribution is -2.55. The number of ether oxygens (including phenoxy) is 1. The van der Waals surface area contributed by atoms with Gasteiger partial charge in [-0.1, -0.05) is 17.7 Å². The molecule has 1 saturated heterocycles. The Morgan fingerprint density at radius 2 is 1.97 bits per heavy atom. The van der Waals surface area contributed by atoms with Crippen LogP contribution in [-0.4, -0.2) is 72.3 Å². The smallest absolute Gasteiger partial charge is 0.251 e. The van der Waals surface area contributed by atoms with Crippen molar-refractivity contribution in [2.45, 2.75) is 37.1 Å². The molecule has 1 amide bonds. The van der Waals surface area contributed by atoms with Crippen molar-refractivity contribution in [2.24, 2.45) is 0 Å². The standard InChI is InChI=1S/C20H21ClN4O6/c21-14-4-1-9(6-22-14)7-23-20(30)10-2-3-11-12(5-10)25-19(24-11)18-17(29)16(28)15(27)13(8-26)31-18/h1-6,13,15-18,26-29H,7-8H2,(H,23,30)(H,24,25)/t13-,15+,16+,17-,18-/m1/s1. The number of hydrogen-bond donors (Lipinski definition) is 6. The van der Waals surface area contributed by atoms with Crippen LogP contribution in [0.15, 0.2) is 36.5 Å². The number of H-pyrrole nitrogens is 1. The highest BCUT2D eigenvalue weighted by molar-refractivity contribution is 6.29. The number of imidazole rings is 1. The second kappa shape index (κ2) is 8.87. The summed E-state index contributed by atoms with van der Waals surface area (Å²) in [4.78, 5) is 23.8. The third kappa shape index (κ3) is 4.40. The summed E-state index contributed by atoms with van der Waals surface area (Å²) >= 11 is 5.75. The molecule has 2 aromatic heterocycles. The SMILES string of the molecule is O=C(NCc1ccc(Cl)nc1)c1ccc2nc([C@@H]3O[C@H](CO)[C@H](O)[C@H](O)[C@H]3O)[nH]c2c1. The van der Waals surface area contributed by atoms with E-state index in [0.29, 0.717) is 21.7 Å². The summed E-state index contributed by atoms with van der Waals surface area (Å²) in [6.07, 6.45) is -4.96. The number of amides is 1. The van der Waals surface area contributed by atoms with E-state index in [1.54, 1.807) is 36.5 Å². The molecule has 5 atom stereocenters. The number of aliphatic hydroxyl groups is 4. The summed E-state index contributed by atoms with van der Waals surface area (Å²) in [5.74, 6) is -0.0995. The molecule has 3 heterocycles. The van der Waals surface area contributed by atoms with Crippen molar-refractivity contribution in [1.82, 2.24) is 20.3 Å². The van der Waals surface area contributed by atoms with Crippen molar-refractivity contribution in [2.75, 3.05) is 6.61 Å². The van der Waals surface area contributed by atoms with Crippen LogP contribution in [0.2, 0.25) is 5.15 Å². The summed E-state index contributed by atoms with van der Waals surface area (Å²) in [7, 11) is 0. The molecule has 0 radical (unpaired) electrons. The molecule has 0 unspecified atom stereocenters. The van der Waals surface area contributed by atoms with Crippen LogP contribution in [0.3, 0.4) is 0 Å². The number of aromatic amines is 1. The molecule has 0 aliphatic carbocycles. The van der Waals surface area contributed by atoms with Gasteiger partial charge in [-0.05, 0) is 29.8 Å². The fourth-order valence-electron chi connectivity index (χ4n) is 3.43. The van der Waals surface area contributed by atoms with Crippen molar-refractivity contribution in [3.8, 4) is 0 Å². The summed E-state index contributed by atoms with van der Waals surface area (Å²) in [5.41, 5.74) is 2.22. The van der Waals surface area contributed by atoms with Gasteiger partial charge in [0.2, 0.25) is 0 Å². The van der Waals surface area contributed by atoms with Gasteiger partial charge in [-0.25, -0.2) is 9.97 Å². The lowest BCUT2D eigenvalue weighted by Gasteiger charge is -2.39. The molecule has 6 N–H and O–H groups in total. The van der Waals surface area contributed by atoms with Crippen LogP contribution in [0.1, 0.15) is 27.8 Å². The molecule has 164 valence electrons. The van der Waals surface area contributed by atoms with Crippen molar-refractivity contribution in [1.29, 1.82) is 0 Å². The highest BCUT2D eigenvalue weighted by Crippen LogP contribution is 2.32. The molecule has 0 spiro atoms. The largest absolute Gasteiger partial charge is 0.394 e. The van der Waals surface area contributed by atoms with Crippen LogP contribution < -0.4 is 5.32 Å². The quantitative estimate of drug-likeness (QED) is 0.298. The third-order valence-corrected chi connectivity index (χ3v) is 5.39. The fourth-order valence-corrected chi connectivity index (χ4v) is 3.54. The van der Waals surface area contributed by atoms with Gasteiger partial charge in [0.25, 0.3) is 5.91 Å². The average Bonchev–Trinajstić information content (AvgIpc) is 3.20. The summed E-state index contributed by atoms with van der Waals surface area (Å²) in [5, 5.41) is 42.7. The number of hydrogen-bond acceptors (Lipinski definition) is 8. The second-order valence-electron chi connectivity index (χ2n) is 7.28. The number of rotatable bonds is 5. The van der Waals surface area contributed by atoms with Crippen LogP contribution in [0.5, 0.6) is 0 Å². The number of carbonyl (C=O) groups excluding carboxylic acids is 1. The van der Waals surface area contributed by atoms with Gasteiger partial charge < -0.3 is 35.5 Å². The Hall–Kier alpha value is -2.60. The Balaban J connectivity index is 1.51. The van der Waals surface area contributed by atoms with Crippen molar-refractivity contribution in [3.63, 3.8) is 0 Å². The zero-order chi connectivity index (χ0) is 22.1. The van der Waals surface area contributed by atoms with E-state index in [-0.39, 0.29) is 18.3 Å². The van der Waals surface area contributed by atoms with Crippen molar-refractivity contribution < 1.29 is 30.0 Å². The van der Waals surface area contributed by atoms with Crippen molar-refractivity contribution in [3.05, 3.63) is 58.6 Å². The van der Waals surface area contributed by atoms with E-state index in [1.165, 1.54) is 0 Å². The highest BCUT2D eigenvalue weighted by atomic mass is 35.5.